The number of fused-ring (bicyclic) bond motifs is 12. The summed E-state index contributed by atoms with van der Waals surface area (Å²) in [6.45, 7) is 6.65. The SMILES string of the molecule is CC(=O)[C@H](CCCCNC(=O)c1ccc2c(c1)C(=O)OC21c2ccc(O)cc2Oc2cc(O)ccc21)NC(=O)c1ccc2c(c1)C(=O)OC21c2ccc(O)cc2Oc2cc(O)ccc21.CCCC[C@H](NC(=O)[C@@H](CCCCNC(=O)c1ccc(N=Nc2ccc(N(C)C)cc2)cc1)NCC)C(N)=O. The summed E-state index contributed by atoms with van der Waals surface area (Å²) in [5.74, 6) is -3.02. The number of nitrogens with two attached hydrogens (primary N) is 1. The minimum Gasteiger partial charge on any atom is -0.508 e. The number of ether oxygens (including phenoxy) is 4. The number of phenols is 4. The quantitative estimate of drug-likeness (QED) is 0.0137. The molecular formula is C78H79N9O16. The average Bonchev–Trinajstić information content (AvgIpc) is 1.60. The van der Waals surface area contributed by atoms with E-state index in [4.69, 9.17) is 24.7 Å². The number of hydrogen-bond acceptors (Lipinski definition) is 20. The Morgan fingerprint density at radius 1 is 0.476 bits per heavy atom. The number of likely N-dealkylation sites (N-methyl/N-ethyl adjacent to an activating group) is 1. The lowest BCUT2D eigenvalue weighted by molar-refractivity contribution is -0.128. The van der Waals surface area contributed by atoms with Gasteiger partial charge in [-0.3, -0.25) is 28.8 Å². The maximum Gasteiger partial charge on any atom is 0.340 e. The summed E-state index contributed by atoms with van der Waals surface area (Å²) in [6, 6.07) is 39.7. The molecule has 5 amide bonds. The minimum atomic E-state index is -1.50. The van der Waals surface area contributed by atoms with Crippen LogP contribution in [0.15, 0.2) is 168 Å². The summed E-state index contributed by atoms with van der Waals surface area (Å²) in [6.07, 6.45) is 5.47. The van der Waals surface area contributed by atoms with Gasteiger partial charge in [-0.15, -0.1) is 0 Å². The Bertz CT molecular complexity index is 4530. The van der Waals surface area contributed by atoms with E-state index in [0.29, 0.717) is 83.4 Å². The van der Waals surface area contributed by atoms with Gasteiger partial charge < -0.3 is 76.6 Å². The van der Waals surface area contributed by atoms with Crippen LogP contribution in [0.1, 0.15) is 164 Å². The van der Waals surface area contributed by atoms with Crippen molar-refractivity contribution >= 4 is 64.3 Å². The van der Waals surface area contributed by atoms with Crippen LogP contribution in [-0.4, -0.2) is 120 Å². The Hall–Kier alpha value is -12.1. The van der Waals surface area contributed by atoms with Gasteiger partial charge in [0.25, 0.3) is 17.7 Å². The van der Waals surface area contributed by atoms with Gasteiger partial charge in [0, 0.05) is 107 Å². The fourth-order valence-corrected chi connectivity index (χ4v) is 13.0. The van der Waals surface area contributed by atoms with Crippen molar-refractivity contribution in [1.29, 1.82) is 0 Å². The van der Waals surface area contributed by atoms with Crippen molar-refractivity contribution in [2.24, 2.45) is 16.0 Å². The topological polar surface area (TPSA) is 369 Å². The molecule has 0 unspecified atom stereocenters. The molecule has 4 aliphatic rings. The molecule has 4 heterocycles. The number of carbonyl (C=O) groups is 8. The molecule has 0 fully saturated rings. The fraction of sp³-hybridized carbons (Fsp3) is 0.282. The number of nitrogens with one attached hydrogen (secondary N) is 5. The number of carbonyl (C=O) groups excluding carboxylic acids is 8. The number of unbranched alkanes of at least 4 members (excludes halogenated alkanes) is 3. The molecule has 0 radical (unpaired) electrons. The highest BCUT2D eigenvalue weighted by Crippen LogP contribution is 2.59. The van der Waals surface area contributed by atoms with E-state index in [1.165, 1.54) is 73.7 Å². The first kappa shape index (κ1) is 72.1. The van der Waals surface area contributed by atoms with Crippen molar-refractivity contribution in [1.82, 2.24) is 26.6 Å². The molecule has 25 heteroatoms. The predicted octanol–water partition coefficient (Wildman–Crippen LogP) is 11.1. The molecule has 12 rings (SSSR count). The molecule has 0 aliphatic carbocycles. The standard InChI is InChI=1S/C49H36N2O13.C29H43N7O3/c1-24(52)39(51-45(58)26-6-12-34-32(19-26)47(60)64-49(34)37-15-9-29(55)22-42(37)62-43-23-30(56)10-16-38(43)49)4-2-3-17-50-44(57)25-5-11-33-31(18-25)46(59)63-48(33)35-13-7-27(53)20-40(35)61-41-21-28(54)8-14-36(41)48;1-5-7-10-25(27(30)37)33-29(39)26(31-6-2)11-8-9-20-32-28(38)21-12-14-22(15-13-21)34-35-23-16-18-24(19-17-23)36(3)4/h5-16,18-23,39,53-56H,2-4,17H2,1H3,(H,50,57)(H,51,58);12-19,25-26,31H,5-11,20H2,1-4H3,(H2,30,37)(H,32,38)(H,33,39)/t39-;25-,26+/m00/s1. The number of phenolic OH excluding ortho intramolecular Hbond substituents is 4. The molecule has 4 aliphatic heterocycles. The number of rotatable bonds is 26. The molecule has 0 saturated carbocycles. The van der Waals surface area contributed by atoms with Crippen LogP contribution < -0.4 is 46.7 Å². The van der Waals surface area contributed by atoms with E-state index in [1.807, 2.05) is 57.1 Å². The first-order valence-corrected chi connectivity index (χ1v) is 34.0. The van der Waals surface area contributed by atoms with Crippen LogP contribution in [0.25, 0.3) is 0 Å². The summed E-state index contributed by atoms with van der Waals surface area (Å²) in [4.78, 5) is 106. The van der Waals surface area contributed by atoms with Gasteiger partial charge in [-0.25, -0.2) is 9.59 Å². The number of Topliss-reactive ketones (excluding diaryl/α,β-unsaturated/α-hetero) is 1. The summed E-state index contributed by atoms with van der Waals surface area (Å²) < 4.78 is 24.2. The second-order valence-electron chi connectivity index (χ2n) is 25.6. The van der Waals surface area contributed by atoms with E-state index >= 15 is 0 Å². The summed E-state index contributed by atoms with van der Waals surface area (Å²) in [5, 5.41) is 63.7. The number of benzene rings is 8. The normalized spacial score (nSPS) is 14.4. The molecule has 532 valence electrons. The average molecular weight is 1400 g/mol. The summed E-state index contributed by atoms with van der Waals surface area (Å²) in [5.41, 5.74) is 8.78. The van der Waals surface area contributed by atoms with Crippen molar-refractivity contribution in [2.45, 2.75) is 108 Å². The molecule has 2 spiro atoms. The Morgan fingerprint density at radius 2 is 0.874 bits per heavy atom. The smallest absolute Gasteiger partial charge is 0.340 e. The number of esters is 2. The molecule has 3 atom stereocenters. The molecule has 103 heavy (non-hydrogen) atoms. The Balaban J connectivity index is 0.000000235. The minimum absolute atomic E-state index is 0.0718. The number of anilines is 1. The predicted molar refractivity (Wildman–Crippen MR) is 380 cm³/mol. The van der Waals surface area contributed by atoms with Crippen LogP contribution >= 0.6 is 0 Å². The Labute approximate surface area is 593 Å². The van der Waals surface area contributed by atoms with Gasteiger partial charge in [0.1, 0.15) is 52.0 Å². The zero-order valence-electron chi connectivity index (χ0n) is 57.3. The highest BCUT2D eigenvalue weighted by atomic mass is 16.6. The van der Waals surface area contributed by atoms with Crippen LogP contribution in [0, 0.1) is 0 Å². The maximum atomic E-state index is 13.6. The lowest BCUT2D eigenvalue weighted by Crippen LogP contribution is -2.51. The van der Waals surface area contributed by atoms with Crippen LogP contribution in [0.5, 0.6) is 46.0 Å². The number of amides is 5. The van der Waals surface area contributed by atoms with Gasteiger partial charge >= 0.3 is 11.9 Å². The molecule has 0 bridgehead atoms. The second kappa shape index (κ2) is 31.2. The molecule has 0 saturated heterocycles. The lowest BCUT2D eigenvalue weighted by Gasteiger charge is -2.36. The molecule has 8 aromatic rings. The fourth-order valence-electron chi connectivity index (χ4n) is 13.0. The number of primary amides is 1. The first-order valence-electron chi connectivity index (χ1n) is 34.0. The van der Waals surface area contributed by atoms with Crippen molar-refractivity contribution in [3.8, 4) is 46.0 Å². The van der Waals surface area contributed by atoms with Crippen molar-refractivity contribution in [3.63, 3.8) is 0 Å². The zero-order chi connectivity index (χ0) is 73.3. The third-order valence-electron chi connectivity index (χ3n) is 18.3. The van der Waals surface area contributed by atoms with E-state index < -0.39 is 59.0 Å². The van der Waals surface area contributed by atoms with E-state index in [9.17, 15) is 58.8 Å². The monoisotopic (exact) mass is 1400 g/mol. The molecule has 0 aromatic heterocycles. The third-order valence-corrected chi connectivity index (χ3v) is 18.3. The van der Waals surface area contributed by atoms with E-state index in [2.05, 4.69) is 36.8 Å². The van der Waals surface area contributed by atoms with Crippen molar-refractivity contribution < 1.29 is 77.7 Å². The number of ketones is 1. The second-order valence-corrected chi connectivity index (χ2v) is 25.6. The van der Waals surface area contributed by atoms with E-state index in [0.717, 1.165) is 37.1 Å². The van der Waals surface area contributed by atoms with Gasteiger partial charge in [-0.1, -0.05) is 38.8 Å². The summed E-state index contributed by atoms with van der Waals surface area (Å²) >= 11 is 0. The Morgan fingerprint density at radius 3 is 1.29 bits per heavy atom. The van der Waals surface area contributed by atoms with Gasteiger partial charge in [0.05, 0.1) is 34.6 Å². The van der Waals surface area contributed by atoms with Gasteiger partial charge in [0.15, 0.2) is 17.0 Å². The van der Waals surface area contributed by atoms with Crippen LogP contribution in [0.2, 0.25) is 0 Å². The number of hydrogen-bond donors (Lipinski definition) is 10. The lowest BCUT2D eigenvalue weighted by atomic mass is 9.77. The molecule has 8 aromatic carbocycles. The van der Waals surface area contributed by atoms with Crippen LogP contribution in [0.4, 0.5) is 17.1 Å². The summed E-state index contributed by atoms with van der Waals surface area (Å²) in [7, 11) is 3.96. The van der Waals surface area contributed by atoms with Crippen molar-refractivity contribution in [2.75, 3.05) is 38.6 Å². The number of nitrogens with zero attached hydrogens (tertiary/aromatic N) is 3. The van der Waals surface area contributed by atoms with Gasteiger partial charge in [-0.2, -0.15) is 10.2 Å². The first-order chi connectivity index (χ1) is 49.5. The molecule has 11 N–H and O–H groups in total. The van der Waals surface area contributed by atoms with E-state index in [-0.39, 0.29) is 98.8 Å². The maximum absolute atomic E-state index is 13.6. The largest absolute Gasteiger partial charge is 0.508 e. The van der Waals surface area contributed by atoms with Gasteiger partial charge in [-0.05, 0) is 180 Å². The number of aromatic hydroxyl groups is 4. The molecule has 25 nitrogen and oxygen atoms in total. The Kier molecular flexibility index (Phi) is 21.8. The van der Waals surface area contributed by atoms with E-state index in [1.54, 1.807) is 66.7 Å². The van der Waals surface area contributed by atoms with Crippen LogP contribution in [0.3, 0.4) is 0 Å². The third kappa shape index (κ3) is 15.5. The van der Waals surface area contributed by atoms with Gasteiger partial charge in [0.2, 0.25) is 11.8 Å². The van der Waals surface area contributed by atoms with Crippen LogP contribution in [-0.2, 0) is 35.1 Å². The van der Waals surface area contributed by atoms with Crippen molar-refractivity contribution in [3.05, 3.63) is 219 Å². The number of azo groups is 1. The highest BCUT2D eigenvalue weighted by molar-refractivity contribution is 6.04. The molecular weight excluding hydrogens is 1320 g/mol. The highest BCUT2D eigenvalue weighted by Gasteiger charge is 2.55. The zero-order valence-corrected chi connectivity index (χ0v) is 57.3.